The van der Waals surface area contributed by atoms with Crippen molar-refractivity contribution in [3.8, 4) is 5.88 Å². The highest BCUT2D eigenvalue weighted by atomic mass is 16.5. The number of rotatable bonds is 5. The van der Waals surface area contributed by atoms with Gasteiger partial charge in [0, 0.05) is 17.7 Å². The van der Waals surface area contributed by atoms with Crippen LogP contribution in [-0.4, -0.2) is 17.6 Å². The van der Waals surface area contributed by atoms with Crippen LogP contribution in [0.25, 0.3) is 0 Å². The van der Waals surface area contributed by atoms with Crippen molar-refractivity contribution in [2.45, 2.75) is 38.2 Å². The quantitative estimate of drug-likeness (QED) is 0.791. The Morgan fingerprint density at radius 2 is 2.17 bits per heavy atom. The van der Waals surface area contributed by atoms with Crippen LogP contribution in [0.5, 0.6) is 5.88 Å². The number of hydrogen-bond donors (Lipinski definition) is 0. The third-order valence-corrected chi connectivity index (χ3v) is 5.21. The summed E-state index contributed by atoms with van der Waals surface area (Å²) in [7, 11) is 0. The molecule has 1 aromatic heterocycles. The molecule has 2 aliphatic carbocycles. The van der Waals surface area contributed by atoms with E-state index in [2.05, 4.69) is 4.98 Å². The minimum Gasteiger partial charge on any atom is -0.473 e. The molecule has 1 fully saturated rings. The van der Waals surface area contributed by atoms with E-state index in [0.717, 1.165) is 24.8 Å². The predicted octanol–water partition coefficient (Wildman–Crippen LogP) is 3.43. The minimum atomic E-state index is -0.0612. The van der Waals surface area contributed by atoms with Crippen LogP contribution in [0, 0.1) is 5.92 Å². The summed E-state index contributed by atoms with van der Waals surface area (Å²) in [6.45, 7) is 2.80. The molecule has 2 aromatic rings. The first-order chi connectivity index (χ1) is 11.7. The van der Waals surface area contributed by atoms with Crippen LogP contribution in [-0.2, 0) is 28.0 Å². The fourth-order valence-corrected chi connectivity index (χ4v) is 3.86. The summed E-state index contributed by atoms with van der Waals surface area (Å²) in [5.41, 5.74) is 3.56. The van der Waals surface area contributed by atoms with Crippen LogP contribution in [0.2, 0.25) is 0 Å². The summed E-state index contributed by atoms with van der Waals surface area (Å²) in [5, 5.41) is 0. The highest BCUT2D eigenvalue weighted by Crippen LogP contribution is 2.62. The van der Waals surface area contributed by atoms with Gasteiger partial charge in [0.2, 0.25) is 5.88 Å². The number of esters is 1. The van der Waals surface area contributed by atoms with Crippen molar-refractivity contribution in [2.75, 3.05) is 6.61 Å². The lowest BCUT2D eigenvalue weighted by atomic mass is 9.96. The third-order valence-electron chi connectivity index (χ3n) is 5.21. The molecule has 124 valence electrons. The van der Waals surface area contributed by atoms with Gasteiger partial charge in [0.15, 0.2) is 0 Å². The highest BCUT2D eigenvalue weighted by Gasteiger charge is 2.62. The molecule has 1 spiro atoms. The average Bonchev–Trinajstić information content (AvgIpc) is 3.24. The first-order valence-electron chi connectivity index (χ1n) is 8.56. The molecule has 0 radical (unpaired) electrons. The molecule has 0 aliphatic heterocycles. The van der Waals surface area contributed by atoms with Crippen molar-refractivity contribution >= 4 is 5.97 Å². The van der Waals surface area contributed by atoms with Crippen molar-refractivity contribution in [2.24, 2.45) is 5.92 Å². The van der Waals surface area contributed by atoms with Crippen molar-refractivity contribution in [3.63, 3.8) is 0 Å². The summed E-state index contributed by atoms with van der Waals surface area (Å²) >= 11 is 0. The van der Waals surface area contributed by atoms with Crippen LogP contribution in [0.3, 0.4) is 0 Å². The summed E-state index contributed by atoms with van der Waals surface area (Å²) in [6.07, 6.45) is 4.79. The van der Waals surface area contributed by atoms with E-state index in [4.69, 9.17) is 9.47 Å². The van der Waals surface area contributed by atoms with Crippen LogP contribution in [0.4, 0.5) is 0 Å². The van der Waals surface area contributed by atoms with Gasteiger partial charge in [0.25, 0.3) is 0 Å². The van der Waals surface area contributed by atoms with E-state index >= 15 is 0 Å². The van der Waals surface area contributed by atoms with E-state index in [1.165, 1.54) is 11.1 Å². The average molecular weight is 323 g/mol. The smallest absolute Gasteiger partial charge is 0.309 e. The molecule has 0 amide bonds. The van der Waals surface area contributed by atoms with E-state index in [1.807, 2.05) is 49.5 Å². The van der Waals surface area contributed by atoms with Crippen LogP contribution < -0.4 is 4.74 Å². The lowest BCUT2D eigenvalue weighted by Crippen LogP contribution is -2.15. The van der Waals surface area contributed by atoms with Gasteiger partial charge in [-0.2, -0.15) is 0 Å². The SMILES string of the molecule is CCOC(=O)C1CC12CCc1cnc(OCc3ccccc3)cc12. The van der Waals surface area contributed by atoms with E-state index in [-0.39, 0.29) is 17.3 Å². The van der Waals surface area contributed by atoms with E-state index < -0.39 is 0 Å². The topological polar surface area (TPSA) is 48.4 Å². The van der Waals surface area contributed by atoms with Crippen molar-refractivity contribution in [3.05, 3.63) is 59.3 Å². The Kier molecular flexibility index (Phi) is 3.75. The molecule has 2 aliphatic rings. The Bertz CT molecular complexity index is 759. The van der Waals surface area contributed by atoms with Gasteiger partial charge >= 0.3 is 5.97 Å². The molecule has 2 atom stereocenters. The van der Waals surface area contributed by atoms with Gasteiger partial charge in [-0.15, -0.1) is 0 Å². The van der Waals surface area contributed by atoms with Crippen molar-refractivity contribution in [1.82, 2.24) is 4.98 Å². The van der Waals surface area contributed by atoms with Crippen molar-refractivity contribution in [1.29, 1.82) is 0 Å². The third kappa shape index (κ3) is 2.56. The van der Waals surface area contributed by atoms with Crippen LogP contribution in [0.1, 0.15) is 36.5 Å². The Balaban J connectivity index is 1.51. The van der Waals surface area contributed by atoms with Gasteiger partial charge in [-0.25, -0.2) is 4.98 Å². The maximum Gasteiger partial charge on any atom is 0.309 e. The monoisotopic (exact) mass is 323 g/mol. The molecular weight excluding hydrogens is 302 g/mol. The zero-order valence-electron chi connectivity index (χ0n) is 13.8. The molecular formula is C20H21NO3. The maximum atomic E-state index is 12.1. The number of benzene rings is 1. The number of aryl methyl sites for hydroxylation is 1. The van der Waals surface area contributed by atoms with Crippen LogP contribution >= 0.6 is 0 Å². The molecule has 4 nitrogen and oxygen atoms in total. The lowest BCUT2D eigenvalue weighted by molar-refractivity contribution is -0.145. The fourth-order valence-electron chi connectivity index (χ4n) is 3.86. The molecule has 2 unspecified atom stereocenters. The first kappa shape index (κ1) is 15.2. The second-order valence-electron chi connectivity index (χ2n) is 6.62. The Morgan fingerprint density at radius 1 is 1.33 bits per heavy atom. The number of nitrogens with zero attached hydrogens (tertiary/aromatic N) is 1. The molecule has 24 heavy (non-hydrogen) atoms. The maximum absolute atomic E-state index is 12.1. The van der Waals surface area contributed by atoms with Crippen molar-refractivity contribution < 1.29 is 14.3 Å². The lowest BCUT2D eigenvalue weighted by Gasteiger charge is -2.13. The fraction of sp³-hybridized carbons (Fsp3) is 0.400. The zero-order chi connectivity index (χ0) is 16.6. The van der Waals surface area contributed by atoms with Gasteiger partial charge in [0.1, 0.15) is 6.61 Å². The molecule has 0 N–H and O–H groups in total. The molecule has 1 heterocycles. The number of aromatic nitrogens is 1. The number of pyridine rings is 1. The zero-order valence-corrected chi connectivity index (χ0v) is 13.8. The number of carbonyl (C=O) groups excluding carboxylic acids is 1. The van der Waals surface area contributed by atoms with Crippen LogP contribution in [0.15, 0.2) is 42.6 Å². The number of hydrogen-bond acceptors (Lipinski definition) is 4. The van der Waals surface area contributed by atoms with Gasteiger partial charge < -0.3 is 9.47 Å². The Morgan fingerprint density at radius 3 is 2.96 bits per heavy atom. The normalized spacial score (nSPS) is 23.8. The van der Waals surface area contributed by atoms with Gasteiger partial charge in [-0.3, -0.25) is 4.79 Å². The molecule has 0 bridgehead atoms. The summed E-state index contributed by atoms with van der Waals surface area (Å²) in [5.74, 6) is 0.574. The van der Waals surface area contributed by atoms with E-state index in [0.29, 0.717) is 19.1 Å². The first-order valence-corrected chi connectivity index (χ1v) is 8.56. The number of fused-ring (bicyclic) bond motifs is 2. The Labute approximate surface area is 141 Å². The summed E-state index contributed by atoms with van der Waals surface area (Å²) in [6, 6.07) is 12.1. The standard InChI is InChI=1S/C20H21NO3/c1-2-23-19(22)17-11-20(17)9-8-15-12-21-18(10-16(15)20)24-13-14-6-4-3-5-7-14/h3-7,10,12,17H,2,8-9,11,13H2,1H3. The summed E-state index contributed by atoms with van der Waals surface area (Å²) in [4.78, 5) is 16.5. The van der Waals surface area contributed by atoms with Gasteiger partial charge in [0.05, 0.1) is 12.5 Å². The Hall–Kier alpha value is -2.36. The second-order valence-corrected chi connectivity index (χ2v) is 6.62. The second kappa shape index (κ2) is 5.93. The number of ether oxygens (including phenoxy) is 2. The molecule has 1 saturated carbocycles. The molecule has 1 aromatic carbocycles. The van der Waals surface area contributed by atoms with E-state index in [9.17, 15) is 4.79 Å². The molecule has 4 rings (SSSR count). The predicted molar refractivity (Wildman–Crippen MR) is 89.8 cm³/mol. The minimum absolute atomic E-state index is 0.00285. The summed E-state index contributed by atoms with van der Waals surface area (Å²) < 4.78 is 11.1. The van der Waals surface area contributed by atoms with Gasteiger partial charge in [-0.05, 0) is 42.9 Å². The largest absolute Gasteiger partial charge is 0.473 e. The highest BCUT2D eigenvalue weighted by molar-refractivity contribution is 5.80. The van der Waals surface area contributed by atoms with E-state index in [1.54, 1.807) is 0 Å². The molecule has 4 heteroatoms. The molecule has 0 saturated heterocycles. The number of carbonyl (C=O) groups is 1. The van der Waals surface area contributed by atoms with Gasteiger partial charge in [-0.1, -0.05) is 30.3 Å².